The van der Waals surface area contributed by atoms with Gasteiger partial charge in [0, 0.05) is 0 Å². The maximum absolute atomic E-state index is 6.94. The predicted octanol–water partition coefficient (Wildman–Crippen LogP) is 6.81. The molecule has 0 saturated carbocycles. The molecule has 0 bridgehead atoms. The summed E-state index contributed by atoms with van der Waals surface area (Å²) in [5.74, 6) is 0. The van der Waals surface area contributed by atoms with Gasteiger partial charge in [0.2, 0.25) is 0 Å². The monoisotopic (exact) mass is 481 g/mol. The predicted molar refractivity (Wildman–Crippen MR) is 126 cm³/mol. The Morgan fingerprint density at radius 2 is 1.24 bits per heavy atom. The van der Waals surface area contributed by atoms with Gasteiger partial charge in [0.1, 0.15) is 0 Å². The molecule has 1 aliphatic rings. The second-order valence-electron chi connectivity index (χ2n) is 4.33. The van der Waals surface area contributed by atoms with E-state index in [-0.39, 0.29) is 67.5 Å². The van der Waals surface area contributed by atoms with E-state index in [9.17, 15) is 0 Å². The van der Waals surface area contributed by atoms with E-state index >= 15 is 0 Å². The Kier molecular flexibility index (Phi) is 99.2. The number of benzene rings is 1. The van der Waals surface area contributed by atoms with Gasteiger partial charge >= 0.3 is 30.2 Å². The zero-order valence-electron chi connectivity index (χ0n) is 17.3. The summed E-state index contributed by atoms with van der Waals surface area (Å²) in [5, 5.41) is 0. The van der Waals surface area contributed by atoms with Crippen molar-refractivity contribution < 1.29 is 23.3 Å². The minimum Gasteiger partial charge on any atom is -0.184 e. The summed E-state index contributed by atoms with van der Waals surface area (Å²) in [4.78, 5) is 0. The van der Waals surface area contributed by atoms with Crippen LogP contribution in [0.4, 0.5) is 0 Å². The van der Waals surface area contributed by atoms with Crippen molar-refractivity contribution in [2.45, 2.75) is 32.7 Å². The van der Waals surface area contributed by atoms with E-state index in [0.717, 1.165) is 6.42 Å². The van der Waals surface area contributed by atoms with Crippen molar-refractivity contribution >= 4 is 31.7 Å². The van der Waals surface area contributed by atoms with Gasteiger partial charge in [-0.3, -0.25) is 6.08 Å². The van der Waals surface area contributed by atoms with Gasteiger partial charge in [-0.2, -0.15) is 42.5 Å². The molecule has 0 atom stereocenters. The van der Waals surface area contributed by atoms with Crippen molar-refractivity contribution in [1.82, 2.24) is 0 Å². The van der Waals surface area contributed by atoms with E-state index < -0.39 is 0 Å². The third-order valence-electron chi connectivity index (χ3n) is 1.19. The third-order valence-corrected chi connectivity index (χ3v) is 1.19. The molecule has 154 valence electrons. The fraction of sp³-hybridized carbons (Fsp3) is 0.250. The summed E-state index contributed by atoms with van der Waals surface area (Å²) in [6.07, 6.45) is 10.0. The Bertz CT molecular complexity index is 284. The molecule has 0 unspecified atom stereocenters. The average Bonchev–Trinajstić information content (AvgIpc) is 2.90. The Morgan fingerprint density at radius 3 is 1.32 bits per heavy atom. The molecule has 0 amide bonds. The van der Waals surface area contributed by atoms with Gasteiger partial charge < -0.3 is 42.9 Å². The zero-order chi connectivity index (χ0) is 14.3. The minimum absolute atomic E-state index is 0. The average molecular weight is 484 g/mol. The summed E-state index contributed by atoms with van der Waals surface area (Å²) in [5.41, 5.74) is 6.69. The molecular formula is C20H39Cl2NSiZr-8. The van der Waals surface area contributed by atoms with Gasteiger partial charge in [-0.15, -0.1) is 36.8 Å². The Morgan fingerprint density at radius 1 is 0.880 bits per heavy atom. The van der Waals surface area contributed by atoms with E-state index in [1.165, 1.54) is 0 Å². The molecule has 1 aromatic carbocycles. The first-order chi connectivity index (χ1) is 8.50. The van der Waals surface area contributed by atoms with Crippen LogP contribution in [0.3, 0.4) is 0 Å². The molecule has 1 N–H and O–H groups in total. The summed E-state index contributed by atoms with van der Waals surface area (Å²) in [7, 11) is 0. The molecule has 0 aliphatic heterocycles. The van der Waals surface area contributed by atoms with E-state index in [1.807, 2.05) is 70.1 Å². The zero-order valence-corrected chi connectivity index (χ0v) is 22.9. The fourth-order valence-corrected chi connectivity index (χ4v) is 0.682. The van der Waals surface area contributed by atoms with Gasteiger partial charge in [-0.25, -0.2) is 12.2 Å². The fourth-order valence-electron chi connectivity index (χ4n) is 0.682. The van der Waals surface area contributed by atoms with Crippen molar-refractivity contribution in [3.63, 3.8) is 0 Å². The Labute approximate surface area is 190 Å². The van der Waals surface area contributed by atoms with E-state index in [0.29, 0.717) is 0 Å². The maximum Gasteiger partial charge on any atom is -0.171 e. The Balaban J connectivity index is -0.0000000185. The third kappa shape index (κ3) is 94.5. The van der Waals surface area contributed by atoms with Gasteiger partial charge in [0.25, 0.3) is 0 Å². The molecule has 0 radical (unpaired) electrons. The molecule has 0 heterocycles. The summed E-state index contributed by atoms with van der Waals surface area (Å²) in [6.45, 7) is 7.51. The van der Waals surface area contributed by atoms with Gasteiger partial charge in [0.05, 0.1) is 0 Å². The molecule has 0 spiro atoms. The summed E-state index contributed by atoms with van der Waals surface area (Å²) < 4.78 is 0. The van der Waals surface area contributed by atoms with Crippen molar-refractivity contribution in [1.29, 1.82) is 0 Å². The van der Waals surface area contributed by atoms with Crippen molar-refractivity contribution in [3.05, 3.63) is 104 Å². The smallest absolute Gasteiger partial charge is 0.171 e. The number of rotatable bonds is 0. The SMILES string of the molecule is CC(C)(C)[NH-].Cl.Cl.[C-]1=CC=CC1.[CH3-].[CH3-].[CH3-].[CH3-].[CH3-].[SiH2]=[Zr].[c-]1ccccc1. The van der Waals surface area contributed by atoms with Crippen LogP contribution >= 0.6 is 24.8 Å². The van der Waals surface area contributed by atoms with Crippen LogP contribution in [0.15, 0.2) is 48.6 Å². The van der Waals surface area contributed by atoms with E-state index in [4.69, 9.17) is 5.73 Å². The largest absolute Gasteiger partial charge is 0.184 e. The molecule has 1 aromatic rings. The van der Waals surface area contributed by atoms with Crippen molar-refractivity contribution in [2.75, 3.05) is 0 Å². The number of halogens is 2. The molecule has 25 heavy (non-hydrogen) atoms. The number of allylic oxidation sites excluding steroid dienone is 4. The second kappa shape index (κ2) is 44.1. The molecule has 0 fully saturated rings. The van der Waals surface area contributed by atoms with Crippen LogP contribution in [0.2, 0.25) is 0 Å². The summed E-state index contributed by atoms with van der Waals surface area (Å²) in [6, 6.07) is 12.5. The van der Waals surface area contributed by atoms with Gasteiger partial charge in [-0.1, -0.05) is 20.8 Å². The number of nitrogens with one attached hydrogen (secondary N) is 1. The van der Waals surface area contributed by atoms with Crippen LogP contribution in [0.5, 0.6) is 0 Å². The van der Waals surface area contributed by atoms with Gasteiger partial charge in [0.15, 0.2) is 0 Å². The van der Waals surface area contributed by atoms with Crippen LogP contribution in [0.25, 0.3) is 5.73 Å². The molecule has 0 aromatic heterocycles. The number of hydrogen-bond acceptors (Lipinski definition) is 0. The second-order valence-corrected chi connectivity index (χ2v) is 4.33. The molecular weight excluding hydrogens is 444 g/mol. The maximum atomic E-state index is 6.94. The first-order valence-corrected chi connectivity index (χ1v) is 11.7. The van der Waals surface area contributed by atoms with Crippen LogP contribution in [0.1, 0.15) is 27.2 Å². The quantitative estimate of drug-likeness (QED) is 0.286. The van der Waals surface area contributed by atoms with Crippen LogP contribution in [-0.2, 0) is 23.3 Å². The molecule has 1 nitrogen and oxygen atoms in total. The Hall–Kier alpha value is 0.340. The standard InChI is InChI=1S/C6H5.C5H5.C4H10N.5CH3.2ClH.H2Si.Zr/c1-2-4-6-5-3-1;1-2-4-5-3-1;1-4(2,3)5;;;;;;;;;/h1-5H;1-3H,4H2;5H,1-3H3;5*1H3;2*1H;1H2;/q8*-1;;;;. The molecule has 1 aliphatic carbocycles. The van der Waals surface area contributed by atoms with Gasteiger partial charge in [-0.05, 0) is 0 Å². The van der Waals surface area contributed by atoms with Crippen LogP contribution in [-0.4, -0.2) is 12.4 Å². The topological polar surface area (TPSA) is 23.8 Å². The number of hydrogen-bond donors (Lipinski definition) is 0. The summed E-state index contributed by atoms with van der Waals surface area (Å²) >= 11 is 1.58. The van der Waals surface area contributed by atoms with E-state index in [1.54, 1.807) is 23.3 Å². The molecule has 5 heteroatoms. The molecule has 0 saturated heterocycles. The minimum atomic E-state index is -0.250. The van der Waals surface area contributed by atoms with Crippen molar-refractivity contribution in [2.24, 2.45) is 0 Å². The van der Waals surface area contributed by atoms with Crippen molar-refractivity contribution in [3.8, 4) is 0 Å². The van der Waals surface area contributed by atoms with Crippen LogP contribution < -0.4 is 0 Å². The van der Waals surface area contributed by atoms with Crippen LogP contribution in [0, 0.1) is 49.3 Å². The van der Waals surface area contributed by atoms with E-state index in [2.05, 4.69) is 18.2 Å². The first-order valence-electron chi connectivity index (χ1n) is 5.73. The molecule has 2 rings (SSSR count). The normalized spacial score (nSPS) is 7.96. The first kappa shape index (κ1) is 56.2.